The number of rotatable bonds is 9. The Bertz CT molecular complexity index is 1430. The molecule has 3 atom stereocenters. The Morgan fingerprint density at radius 2 is 1.82 bits per heavy atom. The number of carbonyl (C=O) groups excluding carboxylic acids is 1. The van der Waals surface area contributed by atoms with E-state index in [0.29, 0.717) is 23.6 Å². The van der Waals surface area contributed by atoms with E-state index in [2.05, 4.69) is 44.4 Å². The summed E-state index contributed by atoms with van der Waals surface area (Å²) in [7, 11) is 1.52. The van der Waals surface area contributed by atoms with Crippen LogP contribution < -0.4 is 10.6 Å². The molecule has 9 heteroatoms. The molecule has 1 aromatic carbocycles. The summed E-state index contributed by atoms with van der Waals surface area (Å²) in [6.45, 7) is 8.66. The number of amides is 1. The molecule has 0 aliphatic rings. The molecular formula is C29H33FN6O2. The van der Waals surface area contributed by atoms with E-state index >= 15 is 0 Å². The molecule has 0 radical (unpaired) electrons. The monoisotopic (exact) mass is 516 g/mol. The van der Waals surface area contributed by atoms with Crippen molar-refractivity contribution in [1.82, 2.24) is 25.3 Å². The quantitative estimate of drug-likeness (QED) is 0.283. The van der Waals surface area contributed by atoms with Crippen molar-refractivity contribution in [1.29, 1.82) is 0 Å². The third-order valence-electron chi connectivity index (χ3n) is 6.98. The number of nitrogens with one attached hydrogen (secondary N) is 2. The van der Waals surface area contributed by atoms with Gasteiger partial charge in [0.1, 0.15) is 18.0 Å². The van der Waals surface area contributed by atoms with Crippen molar-refractivity contribution in [3.8, 4) is 11.3 Å². The Labute approximate surface area is 221 Å². The number of fused-ring (bicyclic) bond motifs is 1. The van der Waals surface area contributed by atoms with E-state index in [9.17, 15) is 14.3 Å². The maximum absolute atomic E-state index is 14.8. The Hall–Kier alpha value is -3.98. The first-order chi connectivity index (χ1) is 18.2. The van der Waals surface area contributed by atoms with Crippen LogP contribution in [0.2, 0.25) is 0 Å². The summed E-state index contributed by atoms with van der Waals surface area (Å²) in [4.78, 5) is 29.9. The highest BCUT2D eigenvalue weighted by Crippen LogP contribution is 2.32. The van der Waals surface area contributed by atoms with Crippen LogP contribution in [-0.4, -0.2) is 44.5 Å². The highest BCUT2D eigenvalue weighted by atomic mass is 19.1. The van der Waals surface area contributed by atoms with E-state index in [1.165, 1.54) is 25.5 Å². The van der Waals surface area contributed by atoms with Crippen LogP contribution >= 0.6 is 0 Å². The molecule has 4 rings (SSSR count). The second kappa shape index (κ2) is 11.6. The molecule has 1 amide bonds. The Morgan fingerprint density at radius 1 is 1.03 bits per heavy atom. The zero-order valence-electron chi connectivity index (χ0n) is 22.2. The summed E-state index contributed by atoms with van der Waals surface area (Å²) in [5.41, 5.74) is 3.81. The van der Waals surface area contributed by atoms with Crippen molar-refractivity contribution in [2.75, 3.05) is 18.9 Å². The topological polar surface area (TPSA) is 113 Å². The first-order valence-electron chi connectivity index (χ1n) is 12.7. The van der Waals surface area contributed by atoms with Crippen molar-refractivity contribution in [3.05, 3.63) is 77.8 Å². The number of hydrogen-bond donors (Lipinski definition) is 3. The van der Waals surface area contributed by atoms with Crippen LogP contribution in [0.3, 0.4) is 0 Å². The third-order valence-corrected chi connectivity index (χ3v) is 6.98. The van der Waals surface area contributed by atoms with E-state index < -0.39 is 11.9 Å². The van der Waals surface area contributed by atoms with Crippen molar-refractivity contribution in [3.63, 3.8) is 0 Å². The number of aliphatic hydroxyl groups is 1. The fourth-order valence-corrected chi connectivity index (χ4v) is 4.37. The van der Waals surface area contributed by atoms with Gasteiger partial charge in [-0.3, -0.25) is 14.8 Å². The fraction of sp³-hybridized carbons (Fsp3) is 0.345. The van der Waals surface area contributed by atoms with Gasteiger partial charge in [0.15, 0.2) is 0 Å². The zero-order valence-corrected chi connectivity index (χ0v) is 22.2. The highest BCUT2D eigenvalue weighted by Gasteiger charge is 2.22. The van der Waals surface area contributed by atoms with Gasteiger partial charge in [-0.05, 0) is 47.6 Å². The van der Waals surface area contributed by atoms with Gasteiger partial charge in [0.2, 0.25) is 0 Å². The summed E-state index contributed by atoms with van der Waals surface area (Å²) >= 11 is 0. The lowest BCUT2D eigenvalue weighted by atomic mass is 9.86. The van der Waals surface area contributed by atoms with Crippen LogP contribution in [0.4, 0.5) is 10.2 Å². The fourth-order valence-electron chi connectivity index (χ4n) is 4.37. The van der Waals surface area contributed by atoms with Crippen molar-refractivity contribution < 1.29 is 14.3 Å². The molecule has 0 spiro atoms. The maximum atomic E-state index is 14.8. The normalized spacial score (nSPS) is 13.8. The molecule has 38 heavy (non-hydrogen) atoms. The molecule has 2 unspecified atom stereocenters. The molecule has 0 saturated heterocycles. The first kappa shape index (κ1) is 27.1. The van der Waals surface area contributed by atoms with Gasteiger partial charge in [-0.25, -0.2) is 14.4 Å². The molecule has 8 nitrogen and oxygen atoms in total. The number of nitrogens with zero attached hydrogens (tertiary/aromatic N) is 4. The summed E-state index contributed by atoms with van der Waals surface area (Å²) in [6, 6.07) is 10.2. The minimum atomic E-state index is -0.612. The van der Waals surface area contributed by atoms with E-state index in [1.807, 2.05) is 32.0 Å². The van der Waals surface area contributed by atoms with Crippen LogP contribution in [0.1, 0.15) is 61.3 Å². The number of benzene rings is 1. The molecule has 3 heterocycles. The number of carbonyl (C=O) groups is 1. The summed E-state index contributed by atoms with van der Waals surface area (Å²) in [5.74, 6) is 0.0764. The average molecular weight is 517 g/mol. The number of hydrogen-bond acceptors (Lipinski definition) is 7. The van der Waals surface area contributed by atoms with Gasteiger partial charge in [-0.15, -0.1) is 0 Å². The molecule has 0 bridgehead atoms. The van der Waals surface area contributed by atoms with Crippen LogP contribution in [0, 0.1) is 17.7 Å². The lowest BCUT2D eigenvalue weighted by molar-refractivity contribution is 0.0964. The van der Waals surface area contributed by atoms with E-state index in [0.717, 1.165) is 16.8 Å². The highest BCUT2D eigenvalue weighted by molar-refractivity contribution is 6.06. The number of halogens is 1. The second-order valence-electron chi connectivity index (χ2n) is 9.89. The number of aliphatic hydroxyl groups excluding tert-OH is 1. The maximum Gasteiger partial charge on any atom is 0.251 e. The van der Waals surface area contributed by atoms with Gasteiger partial charge >= 0.3 is 0 Å². The SMILES string of the molecule is CNC(=O)c1ccnc2c(C(C)[C@H](C)CNc3cc(-c4ccc(C(O)C(C)C)nc4)ncn3)ccc(F)c12. The molecule has 0 aliphatic carbocycles. The zero-order chi connectivity index (χ0) is 27.4. The largest absolute Gasteiger partial charge is 0.387 e. The summed E-state index contributed by atoms with van der Waals surface area (Å²) in [6.07, 6.45) is 4.13. The predicted octanol–water partition coefficient (Wildman–Crippen LogP) is 5.13. The molecule has 0 fully saturated rings. The first-order valence-corrected chi connectivity index (χ1v) is 12.7. The van der Waals surface area contributed by atoms with Gasteiger partial charge < -0.3 is 15.7 Å². The van der Waals surface area contributed by atoms with E-state index in [4.69, 9.17) is 0 Å². The van der Waals surface area contributed by atoms with Gasteiger partial charge in [0.05, 0.1) is 28.6 Å². The van der Waals surface area contributed by atoms with E-state index in [-0.39, 0.29) is 34.6 Å². The van der Waals surface area contributed by atoms with E-state index in [1.54, 1.807) is 18.5 Å². The molecule has 3 N–H and O–H groups in total. The molecule has 0 aliphatic heterocycles. The minimum Gasteiger partial charge on any atom is -0.387 e. The van der Waals surface area contributed by atoms with Crippen molar-refractivity contribution in [2.45, 2.75) is 39.7 Å². The lowest BCUT2D eigenvalue weighted by Crippen LogP contribution is -2.20. The van der Waals surface area contributed by atoms with Gasteiger partial charge in [0.25, 0.3) is 5.91 Å². The molecular weight excluding hydrogens is 483 g/mol. The molecule has 0 saturated carbocycles. The van der Waals surface area contributed by atoms with Crippen LogP contribution in [-0.2, 0) is 0 Å². The average Bonchev–Trinajstić information content (AvgIpc) is 2.94. The second-order valence-corrected chi connectivity index (χ2v) is 9.89. The molecule has 4 aromatic rings. The lowest BCUT2D eigenvalue weighted by Gasteiger charge is -2.22. The summed E-state index contributed by atoms with van der Waals surface area (Å²) < 4.78 is 14.8. The Kier molecular flexibility index (Phi) is 8.26. The number of pyridine rings is 2. The van der Waals surface area contributed by atoms with Gasteiger partial charge in [-0.1, -0.05) is 33.8 Å². The van der Waals surface area contributed by atoms with Gasteiger partial charge in [-0.2, -0.15) is 0 Å². The minimum absolute atomic E-state index is 0.0171. The van der Waals surface area contributed by atoms with Crippen LogP contribution in [0.5, 0.6) is 0 Å². The van der Waals surface area contributed by atoms with Crippen molar-refractivity contribution >= 4 is 22.6 Å². The Morgan fingerprint density at radius 3 is 2.50 bits per heavy atom. The Balaban J connectivity index is 1.50. The number of aromatic nitrogens is 4. The molecule has 3 aromatic heterocycles. The number of anilines is 1. The van der Waals surface area contributed by atoms with Crippen LogP contribution in [0.15, 0.2) is 55.1 Å². The standard InChI is InChI=1S/C29H33FN6O2/c1-16(2)28(37)23-9-6-19(14-33-23)24-12-25(36-15-35-24)34-13-17(3)18(4)20-7-8-22(30)26-21(29(38)31-5)10-11-32-27(20)26/h6-12,14-18,28,37H,13H2,1-5H3,(H,31,38)(H,34,35,36)/t17-,18?,28?/m1/s1. The summed E-state index contributed by atoms with van der Waals surface area (Å²) in [5, 5.41) is 16.4. The van der Waals surface area contributed by atoms with Crippen LogP contribution in [0.25, 0.3) is 22.2 Å². The smallest absolute Gasteiger partial charge is 0.251 e. The molecule has 198 valence electrons. The van der Waals surface area contributed by atoms with Gasteiger partial charge in [0, 0.05) is 43.0 Å². The predicted molar refractivity (Wildman–Crippen MR) is 146 cm³/mol. The third kappa shape index (κ3) is 5.62. The van der Waals surface area contributed by atoms with Crippen molar-refractivity contribution in [2.24, 2.45) is 11.8 Å².